The molecule has 5 nitrogen and oxygen atoms in total. The van der Waals surface area contributed by atoms with E-state index in [0.29, 0.717) is 30.3 Å². The van der Waals surface area contributed by atoms with Crippen LogP contribution >= 0.6 is 0 Å². The molecule has 8 heteroatoms. The Morgan fingerprint density at radius 1 is 1.17 bits per heavy atom. The predicted molar refractivity (Wildman–Crippen MR) is 82.5 cm³/mol. The monoisotopic (exact) mass is 338 g/mol. The fraction of sp³-hybridized carbons (Fsp3) is 0.438. The number of alkyl halides is 3. The first kappa shape index (κ1) is 16.6. The molecule has 1 aromatic heterocycles. The molecular weight excluding hydrogens is 321 g/mol. The van der Waals surface area contributed by atoms with Gasteiger partial charge in [-0.15, -0.1) is 5.10 Å². The Balaban J connectivity index is 1.91. The van der Waals surface area contributed by atoms with Crippen LogP contribution in [-0.4, -0.2) is 40.5 Å². The number of anilines is 1. The second-order valence-corrected chi connectivity index (χ2v) is 5.88. The maximum Gasteiger partial charge on any atom is 0.416 e. The number of halogens is 3. The van der Waals surface area contributed by atoms with Crippen LogP contribution in [0.5, 0.6) is 0 Å². The third-order valence-corrected chi connectivity index (χ3v) is 3.74. The van der Waals surface area contributed by atoms with Crippen molar-refractivity contribution in [2.75, 3.05) is 18.0 Å². The van der Waals surface area contributed by atoms with Crippen molar-refractivity contribution in [2.45, 2.75) is 32.2 Å². The second-order valence-electron chi connectivity index (χ2n) is 5.88. The molecule has 0 N–H and O–H groups in total. The predicted octanol–water partition coefficient (Wildman–Crippen LogP) is 3.17. The molecule has 0 radical (unpaired) electrons. The lowest BCUT2D eigenvalue weighted by atomic mass is 10.1. The molecule has 1 aliphatic heterocycles. The van der Waals surface area contributed by atoms with Gasteiger partial charge in [0.2, 0.25) is 5.95 Å². The molecule has 1 saturated heterocycles. The van der Waals surface area contributed by atoms with Crippen molar-refractivity contribution in [1.29, 1.82) is 0 Å². The molecule has 0 spiro atoms. The lowest BCUT2D eigenvalue weighted by molar-refractivity contribution is -0.137. The van der Waals surface area contributed by atoms with E-state index in [1.165, 1.54) is 12.3 Å². The Morgan fingerprint density at radius 2 is 1.88 bits per heavy atom. The summed E-state index contributed by atoms with van der Waals surface area (Å²) in [6, 6.07) is 5.04. The minimum Gasteiger partial charge on any atom is -0.372 e. The summed E-state index contributed by atoms with van der Waals surface area (Å²) in [4.78, 5) is 6.32. The highest BCUT2D eigenvalue weighted by Crippen LogP contribution is 2.31. The first-order valence-electron chi connectivity index (χ1n) is 7.60. The van der Waals surface area contributed by atoms with Gasteiger partial charge in [0.15, 0.2) is 0 Å². The van der Waals surface area contributed by atoms with Gasteiger partial charge in [-0.3, -0.25) is 0 Å². The maximum absolute atomic E-state index is 12.9. The summed E-state index contributed by atoms with van der Waals surface area (Å²) in [6.07, 6.45) is -2.98. The SMILES string of the molecule is C[C@@H]1CN(c2nncc(-c3cccc(C(F)(F)F)c3)n2)C[C@H](C)O1. The van der Waals surface area contributed by atoms with Gasteiger partial charge >= 0.3 is 6.18 Å². The Kier molecular flexibility index (Phi) is 4.40. The highest BCUT2D eigenvalue weighted by molar-refractivity contribution is 5.60. The van der Waals surface area contributed by atoms with E-state index in [4.69, 9.17) is 4.74 Å². The molecule has 24 heavy (non-hydrogen) atoms. The fourth-order valence-electron chi connectivity index (χ4n) is 2.76. The van der Waals surface area contributed by atoms with Crippen LogP contribution in [0.25, 0.3) is 11.3 Å². The van der Waals surface area contributed by atoms with Crippen LogP contribution in [-0.2, 0) is 10.9 Å². The molecule has 0 aliphatic carbocycles. The van der Waals surface area contributed by atoms with Crippen LogP contribution in [0.4, 0.5) is 19.1 Å². The van der Waals surface area contributed by atoms with Crippen LogP contribution in [0.3, 0.4) is 0 Å². The molecule has 2 atom stereocenters. The van der Waals surface area contributed by atoms with Crippen molar-refractivity contribution in [3.63, 3.8) is 0 Å². The van der Waals surface area contributed by atoms with E-state index < -0.39 is 11.7 Å². The average molecular weight is 338 g/mol. The van der Waals surface area contributed by atoms with Gasteiger partial charge in [-0.2, -0.15) is 18.3 Å². The smallest absolute Gasteiger partial charge is 0.372 e. The lowest BCUT2D eigenvalue weighted by Gasteiger charge is -2.35. The van der Waals surface area contributed by atoms with Crippen LogP contribution in [0.1, 0.15) is 19.4 Å². The van der Waals surface area contributed by atoms with E-state index in [1.807, 2.05) is 18.7 Å². The van der Waals surface area contributed by atoms with E-state index in [9.17, 15) is 13.2 Å². The van der Waals surface area contributed by atoms with Crippen LogP contribution in [0, 0.1) is 0 Å². The van der Waals surface area contributed by atoms with E-state index in [2.05, 4.69) is 15.2 Å². The summed E-state index contributed by atoms with van der Waals surface area (Å²) in [7, 11) is 0. The Labute approximate surface area is 137 Å². The van der Waals surface area contributed by atoms with Crippen molar-refractivity contribution in [3.05, 3.63) is 36.0 Å². The molecule has 3 rings (SSSR count). The summed E-state index contributed by atoms with van der Waals surface area (Å²) in [5.41, 5.74) is 0.00186. The van der Waals surface area contributed by atoms with Crippen LogP contribution < -0.4 is 4.90 Å². The second kappa shape index (κ2) is 6.35. The maximum atomic E-state index is 12.9. The van der Waals surface area contributed by atoms with Crippen LogP contribution in [0.2, 0.25) is 0 Å². The number of rotatable bonds is 2. The highest BCUT2D eigenvalue weighted by Gasteiger charge is 2.30. The number of morpholine rings is 1. The summed E-state index contributed by atoms with van der Waals surface area (Å²) in [6.45, 7) is 5.12. The molecule has 0 amide bonds. The van der Waals surface area contributed by atoms with Gasteiger partial charge in [0, 0.05) is 18.7 Å². The molecule has 1 aliphatic rings. The largest absolute Gasteiger partial charge is 0.416 e. The summed E-state index contributed by atoms with van der Waals surface area (Å²) in [5.74, 6) is 0.395. The number of ether oxygens (including phenoxy) is 1. The van der Waals surface area contributed by atoms with Crippen molar-refractivity contribution >= 4 is 5.95 Å². The van der Waals surface area contributed by atoms with E-state index >= 15 is 0 Å². The molecule has 2 aromatic rings. The van der Waals surface area contributed by atoms with Gasteiger partial charge in [0.25, 0.3) is 0 Å². The minimum absolute atomic E-state index is 0.0227. The van der Waals surface area contributed by atoms with Gasteiger partial charge in [0.05, 0.1) is 29.7 Å². The Bertz CT molecular complexity index is 712. The number of benzene rings is 1. The number of aromatic nitrogens is 3. The Morgan fingerprint density at radius 3 is 2.54 bits per heavy atom. The van der Waals surface area contributed by atoms with Gasteiger partial charge in [0.1, 0.15) is 0 Å². The van der Waals surface area contributed by atoms with Gasteiger partial charge in [-0.25, -0.2) is 4.98 Å². The van der Waals surface area contributed by atoms with Crippen molar-refractivity contribution < 1.29 is 17.9 Å². The summed E-state index contributed by atoms with van der Waals surface area (Å²) < 4.78 is 44.3. The molecule has 128 valence electrons. The Hall–Kier alpha value is -2.22. The third kappa shape index (κ3) is 3.64. The zero-order valence-electron chi connectivity index (χ0n) is 13.3. The molecular formula is C16H17F3N4O. The van der Waals surface area contributed by atoms with E-state index in [-0.39, 0.29) is 12.2 Å². The average Bonchev–Trinajstić information content (AvgIpc) is 2.53. The number of hydrogen-bond acceptors (Lipinski definition) is 5. The zero-order valence-corrected chi connectivity index (χ0v) is 13.3. The van der Waals surface area contributed by atoms with Gasteiger partial charge in [-0.1, -0.05) is 12.1 Å². The highest BCUT2D eigenvalue weighted by atomic mass is 19.4. The van der Waals surface area contributed by atoms with E-state index in [1.54, 1.807) is 6.07 Å². The fourth-order valence-corrected chi connectivity index (χ4v) is 2.76. The standard InChI is InChI=1S/C16H17F3N4O/c1-10-8-23(9-11(2)24-10)15-21-14(7-20-22-15)12-4-3-5-13(6-12)16(17,18)19/h3-7,10-11H,8-9H2,1-2H3/t10-,11+. The minimum atomic E-state index is -4.39. The molecule has 0 bridgehead atoms. The molecule has 0 saturated carbocycles. The quantitative estimate of drug-likeness (QED) is 0.842. The number of nitrogens with zero attached hydrogens (tertiary/aromatic N) is 4. The third-order valence-electron chi connectivity index (χ3n) is 3.74. The molecule has 1 aromatic carbocycles. The van der Waals surface area contributed by atoms with Crippen LogP contribution in [0.15, 0.2) is 30.5 Å². The van der Waals surface area contributed by atoms with Gasteiger partial charge < -0.3 is 9.64 Å². The number of hydrogen-bond donors (Lipinski definition) is 0. The summed E-state index contributed by atoms with van der Waals surface area (Å²) >= 11 is 0. The molecule has 0 unspecified atom stereocenters. The molecule has 1 fully saturated rings. The lowest BCUT2D eigenvalue weighted by Crippen LogP contribution is -2.46. The normalized spacial score (nSPS) is 21.8. The van der Waals surface area contributed by atoms with Crippen molar-refractivity contribution in [3.8, 4) is 11.3 Å². The summed E-state index contributed by atoms with van der Waals surface area (Å²) in [5, 5.41) is 7.92. The first-order valence-corrected chi connectivity index (χ1v) is 7.60. The zero-order chi connectivity index (χ0) is 17.3. The van der Waals surface area contributed by atoms with E-state index in [0.717, 1.165) is 12.1 Å². The molecule has 2 heterocycles. The first-order chi connectivity index (χ1) is 11.3. The topological polar surface area (TPSA) is 51.1 Å². The van der Waals surface area contributed by atoms with Crippen molar-refractivity contribution in [1.82, 2.24) is 15.2 Å². The van der Waals surface area contributed by atoms with Gasteiger partial charge in [-0.05, 0) is 26.0 Å². The van der Waals surface area contributed by atoms with Crippen molar-refractivity contribution in [2.24, 2.45) is 0 Å².